The van der Waals surface area contributed by atoms with Crippen LogP contribution >= 0.6 is 0 Å². The van der Waals surface area contributed by atoms with Crippen LogP contribution in [0.15, 0.2) is 18.3 Å². The molecule has 1 aromatic heterocycles. The lowest BCUT2D eigenvalue weighted by molar-refractivity contribution is 0.0695. The molecule has 0 fully saturated rings. The molecule has 0 saturated heterocycles. The van der Waals surface area contributed by atoms with E-state index in [9.17, 15) is 13.8 Å². The van der Waals surface area contributed by atoms with Crippen LogP contribution < -0.4 is 5.32 Å². The molecule has 2 N–H and O–H groups in total. The summed E-state index contributed by atoms with van der Waals surface area (Å²) in [4.78, 5) is 25.8. The van der Waals surface area contributed by atoms with Crippen LogP contribution in [0, 0.1) is 0 Å². The highest BCUT2D eigenvalue weighted by molar-refractivity contribution is 7.84. The minimum Gasteiger partial charge on any atom is -0.478 e. The van der Waals surface area contributed by atoms with Crippen LogP contribution in [-0.2, 0) is 10.8 Å². The van der Waals surface area contributed by atoms with Gasteiger partial charge in [-0.2, -0.15) is 0 Å². The van der Waals surface area contributed by atoms with E-state index in [0.29, 0.717) is 12.3 Å². The molecule has 0 spiro atoms. The van der Waals surface area contributed by atoms with Gasteiger partial charge in [0, 0.05) is 35.5 Å². The van der Waals surface area contributed by atoms with E-state index in [2.05, 4.69) is 10.3 Å². The lowest BCUT2D eigenvalue weighted by atomic mass is 10.2. The molecule has 0 aliphatic heterocycles. The van der Waals surface area contributed by atoms with E-state index in [1.54, 1.807) is 6.26 Å². The number of aromatic nitrogens is 1. The van der Waals surface area contributed by atoms with Crippen molar-refractivity contribution in [3.63, 3.8) is 0 Å². The van der Waals surface area contributed by atoms with Gasteiger partial charge in [-0.1, -0.05) is 0 Å². The van der Waals surface area contributed by atoms with Gasteiger partial charge < -0.3 is 10.4 Å². The van der Waals surface area contributed by atoms with Crippen molar-refractivity contribution >= 4 is 22.7 Å². The van der Waals surface area contributed by atoms with E-state index in [0.717, 1.165) is 6.20 Å². The van der Waals surface area contributed by atoms with Gasteiger partial charge in [-0.05, 0) is 12.1 Å². The minimum absolute atomic E-state index is 0.0243. The van der Waals surface area contributed by atoms with Crippen molar-refractivity contribution in [2.24, 2.45) is 0 Å². The highest BCUT2D eigenvalue weighted by Crippen LogP contribution is 2.00. The topological polar surface area (TPSA) is 96.4 Å². The molecule has 7 heteroatoms. The third-order valence-electron chi connectivity index (χ3n) is 1.92. The molecule has 0 aliphatic carbocycles. The Morgan fingerprint density at radius 3 is 2.65 bits per heavy atom. The van der Waals surface area contributed by atoms with Crippen LogP contribution in [0.25, 0.3) is 0 Å². The first kappa shape index (κ1) is 13.3. The summed E-state index contributed by atoms with van der Waals surface area (Å²) in [5.74, 6) is -1.13. The fourth-order valence-electron chi connectivity index (χ4n) is 1.05. The summed E-state index contributed by atoms with van der Waals surface area (Å²) in [5.41, 5.74) is 0.160. The largest absolute Gasteiger partial charge is 0.478 e. The van der Waals surface area contributed by atoms with Crippen LogP contribution in [0.4, 0.5) is 0 Å². The maximum Gasteiger partial charge on any atom is 0.337 e. The molecule has 0 aliphatic rings. The predicted octanol–water partition coefficient (Wildman–Crippen LogP) is -0.112. The summed E-state index contributed by atoms with van der Waals surface area (Å²) < 4.78 is 10.8. The predicted molar refractivity (Wildman–Crippen MR) is 62.5 cm³/mol. The standard InChI is InChI=1S/C10H12N2O4S/c1-17(16)5-4-11-9(13)8-3-2-7(6-12-8)10(14)15/h2-3,6H,4-5H2,1H3,(H,11,13)(H,14,15). The molecule has 92 valence electrons. The van der Waals surface area contributed by atoms with E-state index in [-0.39, 0.29) is 11.3 Å². The van der Waals surface area contributed by atoms with E-state index >= 15 is 0 Å². The zero-order chi connectivity index (χ0) is 12.8. The zero-order valence-electron chi connectivity index (χ0n) is 9.17. The Hall–Kier alpha value is -1.76. The van der Waals surface area contributed by atoms with Gasteiger partial charge in [0.1, 0.15) is 5.69 Å². The smallest absolute Gasteiger partial charge is 0.337 e. The summed E-state index contributed by atoms with van der Waals surface area (Å²) in [5, 5.41) is 11.2. The number of hydrogen-bond donors (Lipinski definition) is 2. The second-order valence-corrected chi connectivity index (χ2v) is 4.83. The molecule has 6 nitrogen and oxygen atoms in total. The zero-order valence-corrected chi connectivity index (χ0v) is 9.99. The number of carboxylic acid groups (broad SMARTS) is 1. The molecule has 0 bridgehead atoms. The first-order valence-electron chi connectivity index (χ1n) is 4.78. The van der Waals surface area contributed by atoms with Crippen LogP contribution in [0.2, 0.25) is 0 Å². The Morgan fingerprint density at radius 1 is 1.47 bits per heavy atom. The molecular weight excluding hydrogens is 244 g/mol. The van der Waals surface area contributed by atoms with Crippen molar-refractivity contribution < 1.29 is 18.9 Å². The van der Waals surface area contributed by atoms with E-state index in [4.69, 9.17) is 5.11 Å². The molecular formula is C10H12N2O4S. The molecule has 0 aromatic carbocycles. The normalized spacial score (nSPS) is 11.8. The van der Waals surface area contributed by atoms with Crippen LogP contribution in [0.3, 0.4) is 0 Å². The number of aromatic carboxylic acids is 1. The highest BCUT2D eigenvalue weighted by Gasteiger charge is 2.08. The third kappa shape index (κ3) is 4.31. The fourth-order valence-corrected chi connectivity index (χ4v) is 1.44. The number of hydrogen-bond acceptors (Lipinski definition) is 4. The van der Waals surface area contributed by atoms with Crippen molar-refractivity contribution in [1.29, 1.82) is 0 Å². The van der Waals surface area contributed by atoms with E-state index in [1.807, 2.05) is 0 Å². The highest BCUT2D eigenvalue weighted by atomic mass is 32.2. The minimum atomic E-state index is -1.09. The van der Waals surface area contributed by atoms with Gasteiger partial charge in [0.05, 0.1) is 5.56 Å². The van der Waals surface area contributed by atoms with Crippen molar-refractivity contribution in [3.05, 3.63) is 29.6 Å². The first-order chi connectivity index (χ1) is 8.00. The maximum absolute atomic E-state index is 11.5. The van der Waals surface area contributed by atoms with Gasteiger partial charge in [0.2, 0.25) is 0 Å². The molecule has 0 saturated carbocycles. The Morgan fingerprint density at radius 2 is 2.18 bits per heavy atom. The first-order valence-corrected chi connectivity index (χ1v) is 6.51. The number of nitrogens with zero attached hydrogens (tertiary/aromatic N) is 1. The molecule has 1 aromatic rings. The van der Waals surface area contributed by atoms with E-state index < -0.39 is 22.7 Å². The SMILES string of the molecule is CS(=O)CCNC(=O)c1ccc(C(=O)O)cn1. The van der Waals surface area contributed by atoms with Gasteiger partial charge in [-0.3, -0.25) is 14.0 Å². The maximum atomic E-state index is 11.5. The summed E-state index contributed by atoms with van der Waals surface area (Å²) in [6.07, 6.45) is 2.67. The average Bonchev–Trinajstić information content (AvgIpc) is 2.28. The Bertz CT molecular complexity index is 444. The van der Waals surface area contributed by atoms with Gasteiger partial charge >= 0.3 is 5.97 Å². The number of carbonyl (C=O) groups is 2. The quantitative estimate of drug-likeness (QED) is 0.766. The lowest BCUT2D eigenvalue weighted by Crippen LogP contribution is -2.28. The van der Waals surface area contributed by atoms with Gasteiger partial charge in [0.15, 0.2) is 0 Å². The lowest BCUT2D eigenvalue weighted by Gasteiger charge is -2.03. The molecule has 0 radical (unpaired) electrons. The van der Waals surface area contributed by atoms with Crippen LogP contribution in [0.1, 0.15) is 20.8 Å². The van der Waals surface area contributed by atoms with Gasteiger partial charge in [-0.15, -0.1) is 0 Å². The van der Waals surface area contributed by atoms with Crippen LogP contribution in [-0.4, -0.2) is 44.7 Å². The van der Waals surface area contributed by atoms with E-state index in [1.165, 1.54) is 12.1 Å². The monoisotopic (exact) mass is 256 g/mol. The summed E-state index contributed by atoms with van der Waals surface area (Å²) in [7, 11) is -0.961. The Labute approximate surface area is 101 Å². The number of pyridine rings is 1. The third-order valence-corrected chi connectivity index (χ3v) is 2.70. The average molecular weight is 256 g/mol. The van der Waals surface area contributed by atoms with Crippen molar-refractivity contribution in [1.82, 2.24) is 10.3 Å². The second-order valence-electron chi connectivity index (χ2n) is 3.27. The number of amides is 1. The fraction of sp³-hybridized carbons (Fsp3) is 0.300. The molecule has 1 unspecified atom stereocenters. The summed E-state index contributed by atoms with van der Waals surface area (Å²) >= 11 is 0. The van der Waals surface area contributed by atoms with Crippen molar-refractivity contribution in [2.45, 2.75) is 0 Å². The summed E-state index contributed by atoms with van der Waals surface area (Å²) in [6, 6.07) is 2.64. The Balaban J connectivity index is 2.57. The van der Waals surface area contributed by atoms with Crippen molar-refractivity contribution in [3.8, 4) is 0 Å². The van der Waals surface area contributed by atoms with Crippen LogP contribution in [0.5, 0.6) is 0 Å². The number of nitrogens with one attached hydrogen (secondary N) is 1. The molecule has 17 heavy (non-hydrogen) atoms. The molecule has 1 atom stereocenters. The van der Waals surface area contributed by atoms with Gasteiger partial charge in [0.25, 0.3) is 5.91 Å². The second kappa shape index (κ2) is 6.09. The Kier molecular flexibility index (Phi) is 4.77. The number of carbonyl (C=O) groups excluding carboxylic acids is 1. The molecule has 1 amide bonds. The van der Waals surface area contributed by atoms with Gasteiger partial charge in [-0.25, -0.2) is 4.79 Å². The molecule has 1 heterocycles. The molecule has 1 rings (SSSR count). The number of rotatable bonds is 5. The number of carboxylic acids is 1. The van der Waals surface area contributed by atoms with Crippen molar-refractivity contribution in [2.75, 3.05) is 18.6 Å². The summed E-state index contributed by atoms with van der Waals surface area (Å²) in [6.45, 7) is 0.296.